The SMILES string of the molecule is CCNC(=NCCc1ccco1)N1CCC(COCC)C1. The molecule has 21 heavy (non-hydrogen) atoms. The molecular weight excluding hydrogens is 266 g/mol. The van der Waals surface area contributed by atoms with Gasteiger partial charge in [0.2, 0.25) is 0 Å². The highest BCUT2D eigenvalue weighted by atomic mass is 16.5. The summed E-state index contributed by atoms with van der Waals surface area (Å²) < 4.78 is 10.9. The van der Waals surface area contributed by atoms with Crippen LogP contribution in [0, 0.1) is 5.92 Å². The summed E-state index contributed by atoms with van der Waals surface area (Å²) in [6.07, 6.45) is 3.74. The molecule has 1 aliphatic heterocycles. The lowest BCUT2D eigenvalue weighted by atomic mass is 10.1. The fourth-order valence-corrected chi connectivity index (χ4v) is 2.60. The van der Waals surface area contributed by atoms with Crippen LogP contribution >= 0.6 is 0 Å². The molecule has 5 nitrogen and oxygen atoms in total. The van der Waals surface area contributed by atoms with Gasteiger partial charge in [-0.15, -0.1) is 0 Å². The number of aliphatic imine (C=N–C) groups is 1. The number of furan rings is 1. The molecule has 0 saturated carbocycles. The zero-order chi connectivity index (χ0) is 14.9. The van der Waals surface area contributed by atoms with Crippen molar-refractivity contribution in [3.8, 4) is 0 Å². The summed E-state index contributed by atoms with van der Waals surface area (Å²) >= 11 is 0. The molecule has 0 bridgehead atoms. The summed E-state index contributed by atoms with van der Waals surface area (Å²) in [6, 6.07) is 3.92. The van der Waals surface area contributed by atoms with Crippen molar-refractivity contribution in [3.63, 3.8) is 0 Å². The van der Waals surface area contributed by atoms with Gasteiger partial charge < -0.3 is 19.4 Å². The average molecular weight is 293 g/mol. The van der Waals surface area contributed by atoms with Crippen molar-refractivity contribution in [3.05, 3.63) is 24.2 Å². The molecule has 1 fully saturated rings. The number of nitrogens with zero attached hydrogens (tertiary/aromatic N) is 2. The molecule has 0 spiro atoms. The van der Waals surface area contributed by atoms with Crippen molar-refractivity contribution in [1.82, 2.24) is 10.2 Å². The van der Waals surface area contributed by atoms with Crippen LogP contribution in [0.2, 0.25) is 0 Å². The van der Waals surface area contributed by atoms with Gasteiger partial charge in [0, 0.05) is 45.1 Å². The highest BCUT2D eigenvalue weighted by Crippen LogP contribution is 2.16. The summed E-state index contributed by atoms with van der Waals surface area (Å²) in [6.45, 7) is 9.56. The maximum atomic E-state index is 5.54. The Balaban J connectivity index is 1.83. The van der Waals surface area contributed by atoms with E-state index in [1.807, 2.05) is 19.1 Å². The van der Waals surface area contributed by atoms with Crippen molar-refractivity contribution in [2.75, 3.05) is 39.4 Å². The average Bonchev–Trinajstić information content (AvgIpc) is 3.16. The van der Waals surface area contributed by atoms with E-state index in [2.05, 4.69) is 17.1 Å². The number of guanidine groups is 1. The first-order chi connectivity index (χ1) is 10.3. The molecular formula is C16H27N3O2. The number of hydrogen-bond donors (Lipinski definition) is 1. The van der Waals surface area contributed by atoms with Gasteiger partial charge in [-0.25, -0.2) is 0 Å². The molecule has 0 amide bonds. The molecule has 1 aromatic heterocycles. The molecule has 1 aromatic rings. The van der Waals surface area contributed by atoms with Crippen LogP contribution in [-0.2, 0) is 11.2 Å². The highest BCUT2D eigenvalue weighted by molar-refractivity contribution is 5.80. The highest BCUT2D eigenvalue weighted by Gasteiger charge is 2.24. The third kappa shape index (κ3) is 5.08. The molecule has 2 heterocycles. The zero-order valence-corrected chi connectivity index (χ0v) is 13.2. The Morgan fingerprint density at radius 1 is 1.52 bits per heavy atom. The van der Waals surface area contributed by atoms with Crippen molar-refractivity contribution < 1.29 is 9.15 Å². The second-order valence-corrected chi connectivity index (χ2v) is 5.33. The van der Waals surface area contributed by atoms with Gasteiger partial charge in [-0.2, -0.15) is 0 Å². The summed E-state index contributed by atoms with van der Waals surface area (Å²) in [4.78, 5) is 7.06. The molecule has 1 saturated heterocycles. The van der Waals surface area contributed by atoms with Crippen LogP contribution in [0.5, 0.6) is 0 Å². The summed E-state index contributed by atoms with van der Waals surface area (Å²) in [5.74, 6) is 2.63. The van der Waals surface area contributed by atoms with Crippen molar-refractivity contribution >= 4 is 5.96 Å². The van der Waals surface area contributed by atoms with E-state index < -0.39 is 0 Å². The summed E-state index contributed by atoms with van der Waals surface area (Å²) in [7, 11) is 0. The lowest BCUT2D eigenvalue weighted by Gasteiger charge is -2.21. The molecule has 2 rings (SSSR count). The molecule has 0 radical (unpaired) electrons. The van der Waals surface area contributed by atoms with Gasteiger partial charge in [-0.1, -0.05) is 0 Å². The van der Waals surface area contributed by atoms with E-state index in [-0.39, 0.29) is 0 Å². The van der Waals surface area contributed by atoms with E-state index in [0.717, 1.165) is 57.5 Å². The predicted molar refractivity (Wildman–Crippen MR) is 84.6 cm³/mol. The lowest BCUT2D eigenvalue weighted by molar-refractivity contribution is 0.114. The van der Waals surface area contributed by atoms with Crippen LogP contribution in [0.1, 0.15) is 26.0 Å². The van der Waals surface area contributed by atoms with E-state index in [1.54, 1.807) is 6.26 Å². The minimum absolute atomic E-state index is 0.624. The quantitative estimate of drug-likeness (QED) is 0.618. The van der Waals surface area contributed by atoms with E-state index >= 15 is 0 Å². The first-order valence-electron chi connectivity index (χ1n) is 7.96. The second-order valence-electron chi connectivity index (χ2n) is 5.33. The van der Waals surface area contributed by atoms with Gasteiger partial charge in [-0.05, 0) is 32.4 Å². The summed E-state index contributed by atoms with van der Waals surface area (Å²) in [5.41, 5.74) is 0. The van der Waals surface area contributed by atoms with Crippen LogP contribution < -0.4 is 5.32 Å². The van der Waals surface area contributed by atoms with Crippen LogP contribution in [0.3, 0.4) is 0 Å². The molecule has 0 aliphatic carbocycles. The van der Waals surface area contributed by atoms with Gasteiger partial charge in [-0.3, -0.25) is 4.99 Å². The Hall–Kier alpha value is -1.49. The Kier molecular flexibility index (Phi) is 6.60. The third-order valence-corrected chi connectivity index (χ3v) is 3.68. The van der Waals surface area contributed by atoms with Gasteiger partial charge in [0.25, 0.3) is 0 Å². The standard InChI is InChI=1S/C16H27N3O2/c1-3-17-16(18-9-7-15-6-5-11-21-15)19-10-8-14(12-19)13-20-4-2/h5-6,11,14H,3-4,7-10,12-13H2,1-2H3,(H,17,18). The molecule has 5 heteroatoms. The molecule has 1 aliphatic rings. The van der Waals surface area contributed by atoms with E-state index in [1.165, 1.54) is 6.42 Å². The van der Waals surface area contributed by atoms with Crippen molar-refractivity contribution in [1.29, 1.82) is 0 Å². The van der Waals surface area contributed by atoms with Gasteiger partial charge >= 0.3 is 0 Å². The number of likely N-dealkylation sites (tertiary alicyclic amines) is 1. The number of rotatable bonds is 7. The molecule has 1 unspecified atom stereocenters. The normalized spacial score (nSPS) is 19.2. The first-order valence-corrected chi connectivity index (χ1v) is 7.96. The summed E-state index contributed by atoms with van der Waals surface area (Å²) in [5, 5.41) is 3.39. The molecule has 1 N–H and O–H groups in total. The Morgan fingerprint density at radius 2 is 2.43 bits per heavy atom. The Labute approximate surface area is 127 Å². The number of ether oxygens (including phenoxy) is 1. The van der Waals surface area contributed by atoms with Gasteiger partial charge in [0.05, 0.1) is 12.9 Å². The monoisotopic (exact) mass is 293 g/mol. The van der Waals surface area contributed by atoms with Crippen molar-refractivity contribution in [2.45, 2.75) is 26.7 Å². The Bertz CT molecular complexity index is 417. The Morgan fingerprint density at radius 3 is 3.14 bits per heavy atom. The topological polar surface area (TPSA) is 50.0 Å². The lowest BCUT2D eigenvalue weighted by Crippen LogP contribution is -2.40. The second kappa shape index (κ2) is 8.72. The van der Waals surface area contributed by atoms with Gasteiger partial charge in [0.1, 0.15) is 5.76 Å². The van der Waals surface area contributed by atoms with Gasteiger partial charge in [0.15, 0.2) is 5.96 Å². The van der Waals surface area contributed by atoms with E-state index in [4.69, 9.17) is 14.1 Å². The number of nitrogens with one attached hydrogen (secondary N) is 1. The molecule has 0 aromatic carbocycles. The predicted octanol–water partition coefficient (Wildman–Crippen LogP) is 2.15. The minimum Gasteiger partial charge on any atom is -0.469 e. The number of hydrogen-bond acceptors (Lipinski definition) is 3. The van der Waals surface area contributed by atoms with E-state index in [9.17, 15) is 0 Å². The minimum atomic E-state index is 0.624. The first kappa shape index (κ1) is 15.9. The van der Waals surface area contributed by atoms with Crippen LogP contribution in [0.25, 0.3) is 0 Å². The van der Waals surface area contributed by atoms with E-state index in [0.29, 0.717) is 5.92 Å². The van der Waals surface area contributed by atoms with Crippen LogP contribution in [0.4, 0.5) is 0 Å². The maximum Gasteiger partial charge on any atom is 0.193 e. The third-order valence-electron chi connectivity index (χ3n) is 3.68. The maximum absolute atomic E-state index is 5.54. The van der Waals surface area contributed by atoms with Crippen LogP contribution in [0.15, 0.2) is 27.8 Å². The molecule has 118 valence electrons. The van der Waals surface area contributed by atoms with Crippen LogP contribution in [-0.4, -0.2) is 50.3 Å². The fourth-order valence-electron chi connectivity index (χ4n) is 2.60. The zero-order valence-electron chi connectivity index (χ0n) is 13.2. The largest absolute Gasteiger partial charge is 0.469 e. The fraction of sp³-hybridized carbons (Fsp3) is 0.688. The molecule has 1 atom stereocenters. The van der Waals surface area contributed by atoms with Crippen molar-refractivity contribution in [2.24, 2.45) is 10.9 Å². The smallest absolute Gasteiger partial charge is 0.193 e.